The van der Waals surface area contributed by atoms with Crippen LogP contribution in [0.1, 0.15) is 33.3 Å². The van der Waals surface area contributed by atoms with Crippen molar-refractivity contribution in [2.45, 2.75) is 39.7 Å². The highest BCUT2D eigenvalue weighted by atomic mass is 127. The number of carbonyl (C=O) groups excluding carboxylic acids is 1. The second-order valence-electron chi connectivity index (χ2n) is 7.66. The lowest BCUT2D eigenvalue weighted by molar-refractivity contribution is -0.120. The van der Waals surface area contributed by atoms with Crippen molar-refractivity contribution in [3.05, 3.63) is 35.6 Å². The van der Waals surface area contributed by atoms with Crippen LogP contribution in [-0.2, 0) is 11.2 Å². The van der Waals surface area contributed by atoms with Gasteiger partial charge in [-0.3, -0.25) is 9.79 Å². The summed E-state index contributed by atoms with van der Waals surface area (Å²) in [6, 6.07) is 5.99. The SMILES string of the molecule is CN=C(NCCNC(=O)Cc1ccc(F)cc1)N1CC(C)(C)C1(C)C.I. The molecule has 0 aromatic heterocycles. The van der Waals surface area contributed by atoms with Gasteiger partial charge in [0.1, 0.15) is 5.82 Å². The Labute approximate surface area is 172 Å². The van der Waals surface area contributed by atoms with Gasteiger partial charge >= 0.3 is 0 Å². The molecule has 0 unspecified atom stereocenters. The van der Waals surface area contributed by atoms with E-state index in [-0.39, 0.29) is 53.1 Å². The van der Waals surface area contributed by atoms with E-state index < -0.39 is 0 Å². The quantitative estimate of drug-likeness (QED) is 0.298. The van der Waals surface area contributed by atoms with Crippen LogP contribution in [0.2, 0.25) is 0 Å². The van der Waals surface area contributed by atoms with Crippen LogP contribution in [0.5, 0.6) is 0 Å². The van der Waals surface area contributed by atoms with Crippen LogP contribution in [0, 0.1) is 11.2 Å². The third kappa shape index (κ3) is 5.08. The van der Waals surface area contributed by atoms with Gasteiger partial charge in [-0.15, -0.1) is 24.0 Å². The molecule has 1 heterocycles. The van der Waals surface area contributed by atoms with E-state index in [0.29, 0.717) is 13.1 Å². The van der Waals surface area contributed by atoms with Crippen LogP contribution in [0.25, 0.3) is 0 Å². The molecule has 0 radical (unpaired) electrons. The number of aliphatic imine (C=N–C) groups is 1. The maximum atomic E-state index is 12.9. The van der Waals surface area contributed by atoms with Crippen LogP contribution in [0.15, 0.2) is 29.3 Å². The van der Waals surface area contributed by atoms with Crippen LogP contribution in [0.4, 0.5) is 4.39 Å². The minimum atomic E-state index is -0.295. The maximum Gasteiger partial charge on any atom is 0.224 e. The van der Waals surface area contributed by atoms with Crippen molar-refractivity contribution in [2.24, 2.45) is 10.4 Å². The molecular formula is C19H30FIN4O. The minimum Gasteiger partial charge on any atom is -0.354 e. The van der Waals surface area contributed by atoms with Crippen molar-refractivity contribution in [1.29, 1.82) is 0 Å². The lowest BCUT2D eigenvalue weighted by Crippen LogP contribution is -2.72. The van der Waals surface area contributed by atoms with Gasteiger partial charge in [-0.1, -0.05) is 26.0 Å². The summed E-state index contributed by atoms with van der Waals surface area (Å²) >= 11 is 0. The average Bonchev–Trinajstić information content (AvgIpc) is 2.55. The van der Waals surface area contributed by atoms with Crippen molar-refractivity contribution in [2.75, 3.05) is 26.7 Å². The topological polar surface area (TPSA) is 56.7 Å². The molecule has 0 bridgehead atoms. The second-order valence-corrected chi connectivity index (χ2v) is 7.66. The summed E-state index contributed by atoms with van der Waals surface area (Å²) < 4.78 is 12.9. The summed E-state index contributed by atoms with van der Waals surface area (Å²) in [4.78, 5) is 18.5. The highest BCUT2D eigenvalue weighted by Crippen LogP contribution is 2.46. The predicted octanol–water partition coefficient (Wildman–Crippen LogP) is 2.80. The van der Waals surface area contributed by atoms with E-state index in [1.165, 1.54) is 12.1 Å². The third-order valence-corrected chi connectivity index (χ3v) is 5.36. The van der Waals surface area contributed by atoms with E-state index >= 15 is 0 Å². The summed E-state index contributed by atoms with van der Waals surface area (Å²) in [7, 11) is 1.77. The number of nitrogens with one attached hydrogen (secondary N) is 2. The molecule has 26 heavy (non-hydrogen) atoms. The molecule has 0 aliphatic carbocycles. The fourth-order valence-electron chi connectivity index (χ4n) is 2.92. The maximum absolute atomic E-state index is 12.9. The largest absolute Gasteiger partial charge is 0.354 e. The molecule has 1 aliphatic rings. The molecule has 1 aromatic carbocycles. The molecule has 2 N–H and O–H groups in total. The normalized spacial score (nSPS) is 17.8. The summed E-state index contributed by atoms with van der Waals surface area (Å²) in [5, 5.41) is 6.17. The molecule has 0 saturated carbocycles. The Morgan fingerprint density at radius 3 is 2.23 bits per heavy atom. The highest BCUT2D eigenvalue weighted by molar-refractivity contribution is 14.0. The average molecular weight is 476 g/mol. The third-order valence-electron chi connectivity index (χ3n) is 5.36. The molecule has 1 aliphatic heterocycles. The number of amides is 1. The predicted molar refractivity (Wildman–Crippen MR) is 114 cm³/mol. The van der Waals surface area contributed by atoms with Gasteiger partial charge in [0, 0.05) is 37.6 Å². The Balaban J connectivity index is 0.00000338. The number of carbonyl (C=O) groups is 1. The zero-order valence-electron chi connectivity index (χ0n) is 16.2. The number of halogens is 2. The van der Waals surface area contributed by atoms with Crippen molar-refractivity contribution < 1.29 is 9.18 Å². The molecule has 7 heteroatoms. The Kier molecular flexibility index (Phi) is 7.85. The van der Waals surface area contributed by atoms with E-state index in [4.69, 9.17) is 0 Å². The zero-order valence-corrected chi connectivity index (χ0v) is 18.6. The standard InChI is InChI=1S/C19H29FN4O.HI/c1-18(2)13-24(19(18,3)4)17(21-5)23-11-10-22-16(25)12-14-6-8-15(20)9-7-14;/h6-9H,10-13H2,1-5H3,(H,21,23)(H,22,25);1H. The van der Waals surface area contributed by atoms with Gasteiger partial charge in [0.25, 0.3) is 0 Å². The molecular weight excluding hydrogens is 446 g/mol. The fourth-order valence-corrected chi connectivity index (χ4v) is 2.92. The Hall–Kier alpha value is -1.38. The van der Waals surface area contributed by atoms with Crippen LogP contribution in [-0.4, -0.2) is 49.0 Å². The molecule has 146 valence electrons. The van der Waals surface area contributed by atoms with Crippen molar-refractivity contribution >= 4 is 35.8 Å². The number of guanidine groups is 1. The number of hydrogen-bond acceptors (Lipinski definition) is 2. The summed E-state index contributed by atoms with van der Waals surface area (Å²) in [6.45, 7) is 11.0. The van der Waals surface area contributed by atoms with Crippen LogP contribution < -0.4 is 10.6 Å². The van der Waals surface area contributed by atoms with Gasteiger partial charge in [-0.25, -0.2) is 4.39 Å². The molecule has 0 spiro atoms. The molecule has 1 saturated heterocycles. The molecule has 2 rings (SSSR count). The first-order valence-electron chi connectivity index (χ1n) is 8.67. The molecule has 5 nitrogen and oxygen atoms in total. The van der Waals surface area contributed by atoms with E-state index in [2.05, 4.69) is 48.2 Å². The smallest absolute Gasteiger partial charge is 0.224 e. The zero-order chi connectivity index (χ0) is 18.7. The lowest BCUT2D eigenvalue weighted by atomic mass is 9.65. The van der Waals surface area contributed by atoms with E-state index in [1.807, 2.05) is 0 Å². The number of hydrogen-bond donors (Lipinski definition) is 2. The number of rotatable bonds is 5. The van der Waals surface area contributed by atoms with Crippen LogP contribution >= 0.6 is 24.0 Å². The Morgan fingerprint density at radius 2 is 1.73 bits per heavy atom. The number of nitrogens with zero attached hydrogens (tertiary/aromatic N) is 2. The van der Waals surface area contributed by atoms with Crippen molar-refractivity contribution in [3.63, 3.8) is 0 Å². The highest BCUT2D eigenvalue weighted by Gasteiger charge is 2.53. The second kappa shape index (κ2) is 9.01. The van der Waals surface area contributed by atoms with E-state index in [9.17, 15) is 9.18 Å². The van der Waals surface area contributed by atoms with Gasteiger partial charge in [0.05, 0.1) is 6.42 Å². The van der Waals surface area contributed by atoms with Gasteiger partial charge in [-0.2, -0.15) is 0 Å². The van der Waals surface area contributed by atoms with Gasteiger partial charge < -0.3 is 15.5 Å². The first kappa shape index (κ1) is 22.7. The van der Waals surface area contributed by atoms with Crippen molar-refractivity contribution in [3.8, 4) is 0 Å². The molecule has 1 amide bonds. The Bertz CT molecular complexity index is 643. The van der Waals surface area contributed by atoms with Gasteiger partial charge in [-0.05, 0) is 31.5 Å². The monoisotopic (exact) mass is 476 g/mol. The number of likely N-dealkylation sites (tertiary alicyclic amines) is 1. The molecule has 1 aromatic rings. The van der Waals surface area contributed by atoms with Gasteiger partial charge in [0.15, 0.2) is 5.96 Å². The fraction of sp³-hybridized carbons (Fsp3) is 0.579. The lowest BCUT2D eigenvalue weighted by Gasteiger charge is -2.62. The summed E-state index contributed by atoms with van der Waals surface area (Å²) in [5.74, 6) is 0.489. The van der Waals surface area contributed by atoms with Crippen LogP contribution in [0.3, 0.4) is 0 Å². The van der Waals surface area contributed by atoms with E-state index in [0.717, 1.165) is 18.1 Å². The number of benzene rings is 1. The minimum absolute atomic E-state index is 0. The van der Waals surface area contributed by atoms with E-state index in [1.54, 1.807) is 19.2 Å². The Morgan fingerprint density at radius 1 is 1.15 bits per heavy atom. The first-order valence-corrected chi connectivity index (χ1v) is 8.67. The summed E-state index contributed by atoms with van der Waals surface area (Å²) in [6.07, 6.45) is 0.252. The molecule has 1 fully saturated rings. The van der Waals surface area contributed by atoms with Crippen molar-refractivity contribution in [1.82, 2.24) is 15.5 Å². The summed E-state index contributed by atoms with van der Waals surface area (Å²) in [5.41, 5.74) is 1.08. The first-order chi connectivity index (χ1) is 11.7. The van der Waals surface area contributed by atoms with Gasteiger partial charge in [0.2, 0.25) is 5.91 Å². The molecule has 0 atom stereocenters.